The topological polar surface area (TPSA) is 91.8 Å². The fraction of sp³-hybridized carbons (Fsp3) is 0.462. The van der Waals surface area contributed by atoms with Gasteiger partial charge in [-0.2, -0.15) is 0 Å². The van der Waals surface area contributed by atoms with Crippen LogP contribution in [-0.2, 0) is 4.74 Å². The lowest BCUT2D eigenvalue weighted by Crippen LogP contribution is -2.49. The molecule has 0 bridgehead atoms. The number of morpholine rings is 1. The maximum atomic E-state index is 12.1. The Hall–Kier alpha value is -2.15. The van der Waals surface area contributed by atoms with Crippen LogP contribution < -0.4 is 5.32 Å². The molecule has 0 aliphatic carbocycles. The van der Waals surface area contributed by atoms with Crippen molar-refractivity contribution in [3.63, 3.8) is 0 Å². The number of pyridine rings is 1. The van der Waals surface area contributed by atoms with Crippen LogP contribution in [0.25, 0.3) is 0 Å². The van der Waals surface area contributed by atoms with Crippen molar-refractivity contribution >= 4 is 17.7 Å². The molecule has 2 N–H and O–H groups in total. The van der Waals surface area contributed by atoms with Gasteiger partial charge in [0, 0.05) is 13.1 Å². The van der Waals surface area contributed by atoms with Crippen LogP contribution in [0.15, 0.2) is 18.3 Å². The van der Waals surface area contributed by atoms with E-state index in [0.717, 1.165) is 0 Å². The number of carboxylic acids is 1. The zero-order valence-electron chi connectivity index (χ0n) is 11.4. The summed E-state index contributed by atoms with van der Waals surface area (Å²) in [6, 6.07) is 2.63. The third-order valence-electron chi connectivity index (χ3n) is 2.94. The summed E-state index contributed by atoms with van der Waals surface area (Å²) in [6.07, 6.45) is 1.32. The Balaban J connectivity index is 1.98. The highest BCUT2D eigenvalue weighted by Gasteiger charge is 2.25. The standard InChI is InChI=1S/C13H17N3O4/c1-8-6-16(7-9(2)20-8)13(19)15-10-3-4-11(12(17)18)14-5-10/h3-5,8-9H,6-7H2,1-2H3,(H,15,19)(H,17,18). The minimum Gasteiger partial charge on any atom is -0.477 e. The molecule has 2 amide bonds. The number of hydrogen-bond acceptors (Lipinski definition) is 4. The summed E-state index contributed by atoms with van der Waals surface area (Å²) in [5, 5.41) is 11.4. The molecule has 1 saturated heterocycles. The number of amides is 2. The van der Waals surface area contributed by atoms with Crippen LogP contribution in [0.4, 0.5) is 10.5 Å². The number of aromatic carboxylic acids is 1. The molecule has 1 aromatic heterocycles. The number of aromatic nitrogens is 1. The monoisotopic (exact) mass is 279 g/mol. The molecule has 0 radical (unpaired) electrons. The van der Waals surface area contributed by atoms with Gasteiger partial charge in [-0.1, -0.05) is 0 Å². The quantitative estimate of drug-likeness (QED) is 0.854. The Kier molecular flexibility index (Phi) is 4.19. The van der Waals surface area contributed by atoms with E-state index in [-0.39, 0.29) is 23.9 Å². The summed E-state index contributed by atoms with van der Waals surface area (Å²) in [5.41, 5.74) is 0.406. The van der Waals surface area contributed by atoms with Crippen molar-refractivity contribution in [1.29, 1.82) is 0 Å². The van der Waals surface area contributed by atoms with E-state index in [1.54, 1.807) is 4.90 Å². The normalized spacial score (nSPS) is 22.4. The SMILES string of the molecule is CC1CN(C(=O)Nc2ccc(C(=O)O)nc2)CC(C)O1. The molecule has 0 aromatic carbocycles. The molecule has 1 aromatic rings. The number of hydrogen-bond donors (Lipinski definition) is 2. The van der Waals surface area contributed by atoms with Gasteiger partial charge in [0.05, 0.1) is 24.1 Å². The fourth-order valence-corrected chi connectivity index (χ4v) is 2.14. The van der Waals surface area contributed by atoms with Crippen molar-refractivity contribution in [1.82, 2.24) is 9.88 Å². The van der Waals surface area contributed by atoms with Crippen LogP contribution in [0.1, 0.15) is 24.3 Å². The maximum Gasteiger partial charge on any atom is 0.354 e. The van der Waals surface area contributed by atoms with E-state index >= 15 is 0 Å². The smallest absolute Gasteiger partial charge is 0.354 e. The largest absolute Gasteiger partial charge is 0.477 e. The third-order valence-corrected chi connectivity index (χ3v) is 2.94. The van der Waals surface area contributed by atoms with Gasteiger partial charge in [0.2, 0.25) is 0 Å². The first-order chi connectivity index (χ1) is 9.45. The molecule has 7 heteroatoms. The summed E-state index contributed by atoms with van der Waals surface area (Å²) in [7, 11) is 0. The van der Waals surface area contributed by atoms with E-state index in [1.807, 2.05) is 13.8 Å². The highest BCUT2D eigenvalue weighted by Crippen LogP contribution is 2.13. The molecule has 1 aliphatic rings. The maximum absolute atomic E-state index is 12.1. The molecule has 1 fully saturated rings. The lowest BCUT2D eigenvalue weighted by molar-refractivity contribution is -0.0530. The first-order valence-electron chi connectivity index (χ1n) is 6.36. The lowest BCUT2D eigenvalue weighted by atomic mass is 10.2. The molecule has 20 heavy (non-hydrogen) atoms. The summed E-state index contributed by atoms with van der Waals surface area (Å²) >= 11 is 0. The number of carbonyl (C=O) groups excluding carboxylic acids is 1. The molecule has 2 heterocycles. The zero-order chi connectivity index (χ0) is 14.7. The molecule has 108 valence electrons. The molecule has 2 atom stereocenters. The van der Waals surface area contributed by atoms with Crippen molar-refractivity contribution in [2.24, 2.45) is 0 Å². The molecule has 0 spiro atoms. The van der Waals surface area contributed by atoms with Crippen molar-refractivity contribution in [2.45, 2.75) is 26.1 Å². The van der Waals surface area contributed by atoms with Gasteiger partial charge in [-0.05, 0) is 26.0 Å². The van der Waals surface area contributed by atoms with Crippen LogP contribution in [0.5, 0.6) is 0 Å². The van der Waals surface area contributed by atoms with Crippen molar-refractivity contribution < 1.29 is 19.4 Å². The molecule has 1 aliphatic heterocycles. The first kappa shape index (κ1) is 14.3. The molecule has 0 saturated carbocycles. The second-order valence-electron chi connectivity index (χ2n) is 4.83. The molecule has 2 rings (SSSR count). The lowest BCUT2D eigenvalue weighted by Gasteiger charge is -2.35. The second kappa shape index (κ2) is 5.87. The highest BCUT2D eigenvalue weighted by molar-refractivity contribution is 5.90. The van der Waals surface area contributed by atoms with Crippen LogP contribution in [0.3, 0.4) is 0 Å². The van der Waals surface area contributed by atoms with Gasteiger partial charge >= 0.3 is 12.0 Å². The summed E-state index contributed by atoms with van der Waals surface area (Å²) in [4.78, 5) is 28.2. The summed E-state index contributed by atoms with van der Waals surface area (Å²) in [5.74, 6) is -1.10. The Morgan fingerprint density at radius 1 is 1.35 bits per heavy atom. The number of urea groups is 1. The van der Waals surface area contributed by atoms with Gasteiger partial charge in [-0.25, -0.2) is 14.6 Å². The van der Waals surface area contributed by atoms with Crippen molar-refractivity contribution in [3.05, 3.63) is 24.0 Å². The van der Waals surface area contributed by atoms with Crippen LogP contribution in [-0.4, -0.2) is 52.3 Å². The number of nitrogens with one attached hydrogen (secondary N) is 1. The minimum atomic E-state index is -1.10. The van der Waals surface area contributed by atoms with E-state index in [4.69, 9.17) is 9.84 Å². The Morgan fingerprint density at radius 2 is 2.00 bits per heavy atom. The Morgan fingerprint density at radius 3 is 2.50 bits per heavy atom. The molecule has 2 unspecified atom stereocenters. The third kappa shape index (κ3) is 3.45. The van der Waals surface area contributed by atoms with Crippen molar-refractivity contribution in [3.8, 4) is 0 Å². The Bertz CT molecular complexity index is 493. The zero-order valence-corrected chi connectivity index (χ0v) is 11.4. The average molecular weight is 279 g/mol. The van der Waals surface area contributed by atoms with E-state index in [9.17, 15) is 9.59 Å². The van der Waals surface area contributed by atoms with Crippen LogP contribution >= 0.6 is 0 Å². The number of rotatable bonds is 2. The molecule has 7 nitrogen and oxygen atoms in total. The van der Waals surface area contributed by atoms with E-state index < -0.39 is 5.97 Å². The number of nitrogens with zero attached hydrogens (tertiary/aromatic N) is 2. The Labute approximate surface area is 116 Å². The van der Waals surface area contributed by atoms with Gasteiger partial charge in [-0.15, -0.1) is 0 Å². The number of carboxylic acid groups (broad SMARTS) is 1. The van der Waals surface area contributed by atoms with Gasteiger partial charge in [0.15, 0.2) is 0 Å². The van der Waals surface area contributed by atoms with Gasteiger partial charge < -0.3 is 20.1 Å². The number of ether oxygens (including phenoxy) is 1. The minimum absolute atomic E-state index is 0.00277. The predicted octanol–water partition coefficient (Wildman–Crippen LogP) is 1.42. The number of carbonyl (C=O) groups is 2. The predicted molar refractivity (Wildman–Crippen MR) is 71.8 cm³/mol. The fourth-order valence-electron chi connectivity index (χ4n) is 2.14. The van der Waals surface area contributed by atoms with Crippen LogP contribution in [0, 0.1) is 0 Å². The van der Waals surface area contributed by atoms with E-state index in [2.05, 4.69) is 10.3 Å². The second-order valence-corrected chi connectivity index (χ2v) is 4.83. The summed E-state index contributed by atoms with van der Waals surface area (Å²) < 4.78 is 5.56. The first-order valence-corrected chi connectivity index (χ1v) is 6.36. The van der Waals surface area contributed by atoms with Crippen LogP contribution in [0.2, 0.25) is 0 Å². The number of anilines is 1. The van der Waals surface area contributed by atoms with E-state index in [1.165, 1.54) is 18.3 Å². The molecular weight excluding hydrogens is 262 g/mol. The van der Waals surface area contributed by atoms with Gasteiger partial charge in [0.25, 0.3) is 0 Å². The van der Waals surface area contributed by atoms with Gasteiger partial charge in [0.1, 0.15) is 5.69 Å². The van der Waals surface area contributed by atoms with E-state index in [0.29, 0.717) is 18.8 Å². The highest BCUT2D eigenvalue weighted by atomic mass is 16.5. The van der Waals surface area contributed by atoms with Crippen molar-refractivity contribution in [2.75, 3.05) is 18.4 Å². The molecular formula is C13H17N3O4. The summed E-state index contributed by atoms with van der Waals surface area (Å²) in [6.45, 7) is 4.88. The average Bonchev–Trinajstić information content (AvgIpc) is 2.38. The van der Waals surface area contributed by atoms with Gasteiger partial charge in [-0.3, -0.25) is 0 Å².